The van der Waals surface area contributed by atoms with Gasteiger partial charge in [0.1, 0.15) is 0 Å². The second kappa shape index (κ2) is 5.52. The van der Waals surface area contributed by atoms with Crippen LogP contribution < -0.4 is 5.32 Å². The van der Waals surface area contributed by atoms with Crippen LogP contribution in [0, 0.1) is 11.8 Å². The second-order valence-corrected chi connectivity index (χ2v) is 5.77. The van der Waals surface area contributed by atoms with Gasteiger partial charge >= 0.3 is 5.97 Å². The van der Waals surface area contributed by atoms with Crippen molar-refractivity contribution in [3.63, 3.8) is 0 Å². The van der Waals surface area contributed by atoms with Gasteiger partial charge in [0.15, 0.2) is 0 Å². The minimum absolute atomic E-state index is 0.00128. The summed E-state index contributed by atoms with van der Waals surface area (Å²) in [6.07, 6.45) is 1.76. The topological polar surface area (TPSA) is 66.4 Å². The largest absolute Gasteiger partial charge is 0.481 e. The van der Waals surface area contributed by atoms with E-state index >= 15 is 0 Å². The monoisotopic (exact) mass is 267 g/mol. The third kappa shape index (κ3) is 2.90. The van der Waals surface area contributed by atoms with Crippen molar-refractivity contribution in [2.24, 2.45) is 11.8 Å². The van der Waals surface area contributed by atoms with E-state index in [1.807, 2.05) is 24.4 Å². The number of hydrogen-bond donors (Lipinski definition) is 2. The van der Waals surface area contributed by atoms with Crippen LogP contribution in [0.1, 0.15) is 37.1 Å². The van der Waals surface area contributed by atoms with Crippen molar-refractivity contribution in [1.29, 1.82) is 0 Å². The molecule has 1 aliphatic rings. The Labute approximate surface area is 110 Å². The first-order valence-electron chi connectivity index (χ1n) is 6.14. The van der Waals surface area contributed by atoms with Crippen LogP contribution in [0.2, 0.25) is 0 Å². The lowest BCUT2D eigenvalue weighted by Gasteiger charge is -2.15. The summed E-state index contributed by atoms with van der Waals surface area (Å²) in [7, 11) is 0. The van der Waals surface area contributed by atoms with Gasteiger partial charge in [-0.2, -0.15) is 0 Å². The average molecular weight is 267 g/mol. The number of carbonyl (C=O) groups is 2. The van der Waals surface area contributed by atoms with Gasteiger partial charge in [-0.25, -0.2) is 0 Å². The molecule has 2 rings (SSSR count). The van der Waals surface area contributed by atoms with Crippen molar-refractivity contribution in [2.75, 3.05) is 0 Å². The molecule has 0 spiro atoms. The van der Waals surface area contributed by atoms with Gasteiger partial charge in [-0.15, -0.1) is 11.3 Å². The fourth-order valence-electron chi connectivity index (χ4n) is 2.38. The van der Waals surface area contributed by atoms with Crippen LogP contribution in [0.5, 0.6) is 0 Å². The molecular formula is C13H17NO3S. The van der Waals surface area contributed by atoms with E-state index in [9.17, 15) is 9.59 Å². The van der Waals surface area contributed by atoms with Crippen molar-refractivity contribution >= 4 is 23.2 Å². The lowest BCUT2D eigenvalue weighted by Crippen LogP contribution is -2.31. The highest BCUT2D eigenvalue weighted by Crippen LogP contribution is 2.31. The first kappa shape index (κ1) is 13.1. The molecule has 1 unspecified atom stereocenters. The Bertz CT molecular complexity index is 429. The van der Waals surface area contributed by atoms with Gasteiger partial charge in [0, 0.05) is 10.8 Å². The van der Waals surface area contributed by atoms with Crippen molar-refractivity contribution < 1.29 is 14.7 Å². The molecule has 1 aromatic heterocycles. The first-order valence-corrected chi connectivity index (χ1v) is 7.02. The molecule has 4 nitrogen and oxygen atoms in total. The molecule has 1 fully saturated rings. The molecule has 0 radical (unpaired) electrons. The molecule has 1 aromatic rings. The number of amides is 1. The van der Waals surface area contributed by atoms with Gasteiger partial charge in [-0.3, -0.25) is 9.59 Å². The number of nitrogens with one attached hydrogen (secondary N) is 1. The fraction of sp³-hybridized carbons (Fsp3) is 0.538. The zero-order valence-electron chi connectivity index (χ0n) is 10.3. The molecule has 1 amide bonds. The van der Waals surface area contributed by atoms with E-state index in [2.05, 4.69) is 5.32 Å². The van der Waals surface area contributed by atoms with Crippen LogP contribution in [-0.4, -0.2) is 17.0 Å². The quantitative estimate of drug-likeness (QED) is 0.880. The van der Waals surface area contributed by atoms with Gasteiger partial charge in [-0.05, 0) is 37.6 Å². The predicted octanol–water partition coefficient (Wildman–Crippen LogP) is 2.43. The van der Waals surface area contributed by atoms with Gasteiger partial charge in [0.25, 0.3) is 0 Å². The summed E-state index contributed by atoms with van der Waals surface area (Å²) in [6, 6.07) is 3.95. The molecule has 1 saturated carbocycles. The highest BCUT2D eigenvalue weighted by molar-refractivity contribution is 7.10. The van der Waals surface area contributed by atoms with E-state index in [-0.39, 0.29) is 23.8 Å². The van der Waals surface area contributed by atoms with E-state index in [0.29, 0.717) is 19.3 Å². The van der Waals surface area contributed by atoms with Crippen LogP contribution >= 0.6 is 11.3 Å². The summed E-state index contributed by atoms with van der Waals surface area (Å²) >= 11 is 1.61. The summed E-state index contributed by atoms with van der Waals surface area (Å²) in [4.78, 5) is 24.0. The number of hydrogen-bond acceptors (Lipinski definition) is 3. The van der Waals surface area contributed by atoms with Gasteiger partial charge < -0.3 is 10.4 Å². The Balaban J connectivity index is 1.87. The highest BCUT2D eigenvalue weighted by atomic mass is 32.1. The van der Waals surface area contributed by atoms with Gasteiger partial charge in [0.2, 0.25) is 5.91 Å². The SMILES string of the molecule is CC(NC(=O)[C@@H]1CC[C@H](C(=O)O)C1)c1cccs1. The zero-order chi connectivity index (χ0) is 13.1. The van der Waals surface area contributed by atoms with E-state index < -0.39 is 5.97 Å². The maximum absolute atomic E-state index is 12.0. The van der Waals surface area contributed by atoms with Gasteiger partial charge in [0.05, 0.1) is 12.0 Å². The summed E-state index contributed by atoms with van der Waals surface area (Å²) in [5.74, 6) is -1.29. The van der Waals surface area contributed by atoms with Crippen LogP contribution in [-0.2, 0) is 9.59 Å². The Morgan fingerprint density at radius 2 is 2.17 bits per heavy atom. The molecule has 3 atom stereocenters. The maximum atomic E-state index is 12.0. The van der Waals surface area contributed by atoms with E-state index in [1.54, 1.807) is 11.3 Å². The molecule has 2 N–H and O–H groups in total. The molecule has 1 heterocycles. The van der Waals surface area contributed by atoms with E-state index in [1.165, 1.54) is 0 Å². The minimum atomic E-state index is -0.781. The molecule has 0 bridgehead atoms. The molecule has 5 heteroatoms. The number of thiophene rings is 1. The molecular weight excluding hydrogens is 250 g/mol. The summed E-state index contributed by atoms with van der Waals surface area (Å²) < 4.78 is 0. The van der Waals surface area contributed by atoms with Crippen molar-refractivity contribution in [3.8, 4) is 0 Å². The number of aliphatic carboxylic acids is 1. The molecule has 0 saturated heterocycles. The maximum Gasteiger partial charge on any atom is 0.306 e. The van der Waals surface area contributed by atoms with Crippen molar-refractivity contribution in [1.82, 2.24) is 5.32 Å². The molecule has 1 aliphatic carbocycles. The molecule has 98 valence electrons. The zero-order valence-corrected chi connectivity index (χ0v) is 11.1. The summed E-state index contributed by atoms with van der Waals surface area (Å²) in [5.41, 5.74) is 0. The van der Waals surface area contributed by atoms with E-state index in [0.717, 1.165) is 4.88 Å². The third-order valence-corrected chi connectivity index (χ3v) is 4.54. The molecule has 0 aliphatic heterocycles. The lowest BCUT2D eigenvalue weighted by atomic mass is 10.0. The van der Waals surface area contributed by atoms with Crippen LogP contribution in [0.15, 0.2) is 17.5 Å². The van der Waals surface area contributed by atoms with Crippen LogP contribution in [0.25, 0.3) is 0 Å². The number of carboxylic acids is 1. The molecule has 0 aromatic carbocycles. The number of carbonyl (C=O) groups excluding carboxylic acids is 1. The van der Waals surface area contributed by atoms with Crippen LogP contribution in [0.4, 0.5) is 0 Å². The minimum Gasteiger partial charge on any atom is -0.481 e. The smallest absolute Gasteiger partial charge is 0.306 e. The predicted molar refractivity (Wildman–Crippen MR) is 69.3 cm³/mol. The Morgan fingerprint density at radius 3 is 2.72 bits per heavy atom. The average Bonchev–Trinajstić information content (AvgIpc) is 3.00. The first-order chi connectivity index (χ1) is 8.58. The Morgan fingerprint density at radius 1 is 1.44 bits per heavy atom. The van der Waals surface area contributed by atoms with Crippen molar-refractivity contribution in [2.45, 2.75) is 32.2 Å². The fourth-order valence-corrected chi connectivity index (χ4v) is 3.12. The summed E-state index contributed by atoms with van der Waals surface area (Å²) in [6.45, 7) is 1.95. The number of carboxylic acid groups (broad SMARTS) is 1. The summed E-state index contributed by atoms with van der Waals surface area (Å²) in [5, 5.41) is 13.9. The Hall–Kier alpha value is -1.36. The highest BCUT2D eigenvalue weighted by Gasteiger charge is 2.34. The second-order valence-electron chi connectivity index (χ2n) is 4.79. The normalized spacial score (nSPS) is 24.7. The molecule has 18 heavy (non-hydrogen) atoms. The van der Waals surface area contributed by atoms with Crippen molar-refractivity contribution in [3.05, 3.63) is 22.4 Å². The third-order valence-electron chi connectivity index (χ3n) is 3.48. The Kier molecular flexibility index (Phi) is 4.01. The number of rotatable bonds is 4. The lowest BCUT2D eigenvalue weighted by molar-refractivity contribution is -0.141. The standard InChI is InChI=1S/C13H17NO3S/c1-8(11-3-2-6-18-11)14-12(15)9-4-5-10(7-9)13(16)17/h2-3,6,8-10H,4-5,7H2,1H3,(H,14,15)(H,16,17)/t8?,9-,10+/m1/s1. The van der Waals surface area contributed by atoms with Gasteiger partial charge in [-0.1, -0.05) is 6.07 Å². The van der Waals surface area contributed by atoms with E-state index in [4.69, 9.17) is 5.11 Å². The van der Waals surface area contributed by atoms with Crippen LogP contribution in [0.3, 0.4) is 0 Å².